The van der Waals surface area contributed by atoms with E-state index < -0.39 is 74.0 Å². The molecule has 10 atom stereocenters. The van der Waals surface area contributed by atoms with Crippen LogP contribution in [-0.2, 0) is 23.7 Å². The maximum atomic E-state index is 12.3. The second-order valence-electron chi connectivity index (χ2n) is 8.41. The molecule has 3 rings (SSSR count). The molecule has 2 aliphatic heterocycles. The Labute approximate surface area is 207 Å². The fourth-order valence-corrected chi connectivity index (χ4v) is 3.77. The van der Waals surface area contributed by atoms with Crippen LogP contribution in [0.2, 0.25) is 0 Å². The normalized spacial score (nSPS) is 37.0. The molecule has 6 N–H and O–H groups in total. The molecule has 2 heterocycles. The van der Waals surface area contributed by atoms with Crippen molar-refractivity contribution >= 4 is 12.0 Å². The molecule has 13 heteroatoms. The molecule has 36 heavy (non-hydrogen) atoms. The summed E-state index contributed by atoms with van der Waals surface area (Å²) in [7, 11) is 2.96. The number of carbonyl (C=O) groups is 1. The van der Waals surface area contributed by atoms with E-state index in [0.29, 0.717) is 17.1 Å². The third-order valence-electron chi connectivity index (χ3n) is 5.95. The predicted octanol–water partition coefficient (Wildman–Crippen LogP) is -2.09. The van der Waals surface area contributed by atoms with Crippen molar-refractivity contribution in [3.8, 4) is 11.5 Å². The van der Waals surface area contributed by atoms with Gasteiger partial charge in [-0.2, -0.15) is 0 Å². The van der Waals surface area contributed by atoms with Crippen LogP contribution in [0.25, 0.3) is 6.08 Å². The zero-order chi connectivity index (χ0) is 26.6. The molecule has 2 aliphatic rings. The summed E-state index contributed by atoms with van der Waals surface area (Å²) in [5.74, 6) is 0.0413. The number of ether oxygens (including phenoxy) is 6. The first-order valence-corrected chi connectivity index (χ1v) is 11.2. The van der Waals surface area contributed by atoms with E-state index >= 15 is 0 Å². The zero-order valence-corrected chi connectivity index (χ0v) is 19.9. The molecule has 13 nitrogen and oxygen atoms in total. The van der Waals surface area contributed by atoms with Crippen LogP contribution in [0.4, 0.5) is 0 Å². The van der Waals surface area contributed by atoms with Crippen LogP contribution in [0.3, 0.4) is 0 Å². The summed E-state index contributed by atoms with van der Waals surface area (Å²) >= 11 is 0. The lowest BCUT2D eigenvalue weighted by Gasteiger charge is -2.42. The molecular formula is C23H32O13. The van der Waals surface area contributed by atoms with Gasteiger partial charge in [0.25, 0.3) is 0 Å². The Morgan fingerprint density at radius 3 is 2.17 bits per heavy atom. The van der Waals surface area contributed by atoms with Crippen molar-refractivity contribution < 1.29 is 63.9 Å². The number of rotatable bonds is 8. The summed E-state index contributed by atoms with van der Waals surface area (Å²) in [6, 6.07) is 4.94. The van der Waals surface area contributed by atoms with Gasteiger partial charge in [-0.15, -0.1) is 0 Å². The van der Waals surface area contributed by atoms with Crippen LogP contribution in [-0.4, -0.2) is 119 Å². The number of hydrogen-bond donors (Lipinski definition) is 6. The lowest BCUT2D eigenvalue weighted by atomic mass is 9.98. The van der Waals surface area contributed by atoms with Gasteiger partial charge in [-0.1, -0.05) is 6.07 Å². The highest BCUT2D eigenvalue weighted by molar-refractivity contribution is 5.87. The molecular weight excluding hydrogens is 484 g/mol. The van der Waals surface area contributed by atoms with E-state index in [-0.39, 0.29) is 0 Å². The highest BCUT2D eigenvalue weighted by Gasteiger charge is 2.47. The maximum Gasteiger partial charge on any atom is 0.333 e. The fourth-order valence-electron chi connectivity index (χ4n) is 3.77. The van der Waals surface area contributed by atoms with E-state index in [1.807, 2.05) is 0 Å². The summed E-state index contributed by atoms with van der Waals surface area (Å²) in [6.07, 6.45) is -12.3. The predicted molar refractivity (Wildman–Crippen MR) is 120 cm³/mol. The third kappa shape index (κ3) is 6.32. The van der Waals surface area contributed by atoms with E-state index in [9.17, 15) is 35.4 Å². The first kappa shape index (κ1) is 28.2. The second-order valence-corrected chi connectivity index (χ2v) is 8.41. The highest BCUT2D eigenvalue weighted by atomic mass is 16.7. The third-order valence-corrected chi connectivity index (χ3v) is 5.95. The van der Waals surface area contributed by atoms with Gasteiger partial charge >= 0.3 is 5.97 Å². The Morgan fingerprint density at radius 1 is 0.861 bits per heavy atom. The molecule has 0 radical (unpaired) electrons. The van der Waals surface area contributed by atoms with Crippen LogP contribution in [0.1, 0.15) is 12.5 Å². The first-order chi connectivity index (χ1) is 17.1. The first-order valence-electron chi connectivity index (χ1n) is 11.2. The Kier molecular flexibility index (Phi) is 9.63. The van der Waals surface area contributed by atoms with Gasteiger partial charge in [-0.25, -0.2) is 4.79 Å². The van der Waals surface area contributed by atoms with E-state index in [1.165, 1.54) is 27.2 Å². The number of aliphatic hydroxyl groups is 6. The molecule has 2 saturated heterocycles. The van der Waals surface area contributed by atoms with Gasteiger partial charge in [0.2, 0.25) is 6.29 Å². The van der Waals surface area contributed by atoms with Gasteiger partial charge in [-0.3, -0.25) is 0 Å². The van der Waals surface area contributed by atoms with Gasteiger partial charge in [0.15, 0.2) is 17.8 Å². The Bertz CT molecular complexity index is 908. The maximum absolute atomic E-state index is 12.3. The van der Waals surface area contributed by atoms with Crippen molar-refractivity contribution in [3.63, 3.8) is 0 Å². The van der Waals surface area contributed by atoms with Gasteiger partial charge in [0.1, 0.15) is 42.7 Å². The Balaban J connectivity index is 1.60. The van der Waals surface area contributed by atoms with Crippen LogP contribution in [0, 0.1) is 0 Å². The summed E-state index contributed by atoms with van der Waals surface area (Å²) in [5, 5.41) is 60.4. The van der Waals surface area contributed by atoms with Gasteiger partial charge in [0, 0.05) is 6.08 Å². The lowest BCUT2D eigenvalue weighted by Crippen LogP contribution is -2.61. The number of hydrogen-bond acceptors (Lipinski definition) is 13. The van der Waals surface area contributed by atoms with E-state index in [2.05, 4.69) is 0 Å². The van der Waals surface area contributed by atoms with Crippen molar-refractivity contribution in [2.75, 3.05) is 20.8 Å². The molecule has 0 unspecified atom stereocenters. The van der Waals surface area contributed by atoms with E-state index in [0.717, 1.165) is 6.08 Å². The number of carbonyl (C=O) groups excluding carboxylic acids is 1. The molecule has 0 amide bonds. The SMILES string of the molecule is COc1ccc(/C=C/C(=O)O[C@@H]2O[C@H](CO[C@@H]3O[C@@H](C)[C@H](O)[C@@H](O)[C@H]3O)[C@@H](O)[C@H](O)[C@H]2O)cc1OC. The number of methoxy groups -OCH3 is 2. The second kappa shape index (κ2) is 12.3. The molecule has 0 bridgehead atoms. The van der Waals surface area contributed by atoms with Gasteiger partial charge < -0.3 is 59.1 Å². The van der Waals surface area contributed by atoms with Crippen molar-refractivity contribution in [3.05, 3.63) is 29.8 Å². The number of aliphatic hydroxyl groups excluding tert-OH is 6. The minimum atomic E-state index is -1.76. The summed E-state index contributed by atoms with van der Waals surface area (Å²) in [4.78, 5) is 12.3. The largest absolute Gasteiger partial charge is 0.493 e. The van der Waals surface area contributed by atoms with Crippen molar-refractivity contribution in [2.24, 2.45) is 0 Å². The van der Waals surface area contributed by atoms with Crippen molar-refractivity contribution in [2.45, 2.75) is 68.3 Å². The fraction of sp³-hybridized carbons (Fsp3) is 0.609. The average Bonchev–Trinajstić information content (AvgIpc) is 2.88. The Morgan fingerprint density at radius 2 is 1.50 bits per heavy atom. The van der Waals surface area contributed by atoms with Crippen LogP contribution >= 0.6 is 0 Å². The molecule has 0 aliphatic carbocycles. The highest BCUT2D eigenvalue weighted by Crippen LogP contribution is 2.28. The van der Waals surface area contributed by atoms with Crippen LogP contribution in [0.5, 0.6) is 11.5 Å². The number of esters is 1. The number of benzene rings is 1. The molecule has 2 fully saturated rings. The summed E-state index contributed by atoms with van der Waals surface area (Å²) in [5.41, 5.74) is 0.587. The summed E-state index contributed by atoms with van der Waals surface area (Å²) < 4.78 is 31.6. The van der Waals surface area contributed by atoms with Crippen LogP contribution in [0.15, 0.2) is 24.3 Å². The van der Waals surface area contributed by atoms with Crippen molar-refractivity contribution in [1.29, 1.82) is 0 Å². The molecule has 1 aromatic rings. The van der Waals surface area contributed by atoms with E-state index in [4.69, 9.17) is 28.4 Å². The minimum Gasteiger partial charge on any atom is -0.493 e. The lowest BCUT2D eigenvalue weighted by molar-refractivity contribution is -0.323. The van der Waals surface area contributed by atoms with Gasteiger partial charge in [-0.05, 0) is 30.7 Å². The Hall–Kier alpha value is -2.33. The smallest absolute Gasteiger partial charge is 0.333 e. The van der Waals surface area contributed by atoms with Crippen molar-refractivity contribution in [1.82, 2.24) is 0 Å². The summed E-state index contributed by atoms with van der Waals surface area (Å²) in [6.45, 7) is 0.991. The molecule has 0 saturated carbocycles. The standard InChI is InChI=1S/C23H32O13/c1-10-16(25)18(27)20(29)22(34-10)33-9-14-17(26)19(28)21(30)23(35-14)36-15(24)7-5-11-4-6-12(31-2)13(8-11)32-3/h4-8,10,14,16-23,25-30H,9H2,1-3H3/b7-5+/t10-,14+,16-,17+,18+,19-,20+,21+,22+,23-/m0/s1. The minimum absolute atomic E-state index is 0.447. The molecule has 202 valence electrons. The van der Waals surface area contributed by atoms with Crippen LogP contribution < -0.4 is 9.47 Å². The zero-order valence-electron chi connectivity index (χ0n) is 19.9. The quantitative estimate of drug-likeness (QED) is 0.163. The topological polar surface area (TPSA) is 194 Å². The van der Waals surface area contributed by atoms with Gasteiger partial charge in [0.05, 0.1) is 26.9 Å². The monoisotopic (exact) mass is 516 g/mol. The molecule has 0 aromatic heterocycles. The molecule has 0 spiro atoms. The molecule has 1 aromatic carbocycles. The average molecular weight is 516 g/mol. The van der Waals surface area contributed by atoms with E-state index in [1.54, 1.807) is 18.2 Å².